The molecule has 0 fully saturated rings. The first-order chi connectivity index (χ1) is 18.6. The molecule has 188 valence electrons. The van der Waals surface area contributed by atoms with Crippen molar-refractivity contribution in [3.63, 3.8) is 0 Å². The monoisotopic (exact) mass is 504 g/mol. The molecule has 0 saturated carbocycles. The summed E-state index contributed by atoms with van der Waals surface area (Å²) in [6.07, 6.45) is 0. The number of ether oxygens (including phenoxy) is 2. The lowest BCUT2D eigenvalue weighted by Gasteiger charge is -2.09. The molecule has 0 aliphatic heterocycles. The molecule has 0 amide bonds. The summed E-state index contributed by atoms with van der Waals surface area (Å²) in [5.41, 5.74) is 3.71. The third-order valence-corrected chi connectivity index (χ3v) is 6.39. The fraction of sp³-hybridized carbons (Fsp3) is 0.138. The molecule has 0 aliphatic rings. The highest BCUT2D eigenvalue weighted by molar-refractivity contribution is 5.84. The van der Waals surface area contributed by atoms with E-state index in [1.807, 2.05) is 78.9 Å². The molecular formula is C29H24N6O3. The van der Waals surface area contributed by atoms with Crippen molar-refractivity contribution in [1.82, 2.24) is 29.8 Å². The van der Waals surface area contributed by atoms with E-state index in [0.717, 1.165) is 38.8 Å². The molecule has 6 rings (SSSR count). The summed E-state index contributed by atoms with van der Waals surface area (Å²) in [5.74, 6) is 1.69. The molecule has 6 aromatic rings. The minimum absolute atomic E-state index is 0.195. The van der Waals surface area contributed by atoms with Gasteiger partial charge in [-0.05, 0) is 59.3 Å². The van der Waals surface area contributed by atoms with E-state index < -0.39 is 0 Å². The van der Waals surface area contributed by atoms with Crippen molar-refractivity contribution in [1.29, 1.82) is 0 Å². The Kier molecular flexibility index (Phi) is 6.01. The van der Waals surface area contributed by atoms with Gasteiger partial charge in [-0.25, -0.2) is 4.98 Å². The van der Waals surface area contributed by atoms with Gasteiger partial charge in [-0.1, -0.05) is 36.4 Å². The minimum atomic E-state index is -0.195. The standard InChI is InChI=1S/C29H24N6O3/c1-34-27-13-12-23(37-2)15-21(27)16-25(29(34)36)28-31-33-35(32-28)17-19-6-5-8-24(14-19)38-18-22-11-10-20-7-3-4-9-26(20)30-22/h3-16H,17-18H2,1-2H3. The van der Waals surface area contributed by atoms with Gasteiger partial charge in [0.15, 0.2) is 0 Å². The molecule has 0 unspecified atom stereocenters. The van der Waals surface area contributed by atoms with Crippen LogP contribution in [0.5, 0.6) is 11.5 Å². The molecule has 3 aromatic heterocycles. The number of pyridine rings is 2. The van der Waals surface area contributed by atoms with E-state index in [0.29, 0.717) is 24.5 Å². The van der Waals surface area contributed by atoms with Crippen LogP contribution in [0.15, 0.2) is 89.7 Å². The number of tetrazole rings is 1. The number of aromatic nitrogens is 6. The van der Waals surface area contributed by atoms with Crippen LogP contribution in [0, 0.1) is 0 Å². The van der Waals surface area contributed by atoms with Crippen LogP contribution in [-0.4, -0.2) is 36.9 Å². The van der Waals surface area contributed by atoms with Gasteiger partial charge in [0.05, 0.1) is 35.9 Å². The SMILES string of the molecule is COc1ccc2c(c1)cc(-c1nnn(Cc3cccc(OCc4ccc5ccccc5n4)c3)n1)c(=O)n2C. The first-order valence-corrected chi connectivity index (χ1v) is 12.1. The van der Waals surface area contributed by atoms with Crippen LogP contribution < -0.4 is 15.0 Å². The van der Waals surface area contributed by atoms with Crippen LogP contribution in [0.4, 0.5) is 0 Å². The summed E-state index contributed by atoms with van der Waals surface area (Å²) >= 11 is 0. The zero-order valence-corrected chi connectivity index (χ0v) is 20.9. The van der Waals surface area contributed by atoms with Gasteiger partial charge in [0, 0.05) is 17.8 Å². The first kappa shape index (κ1) is 23.4. The molecule has 9 nitrogen and oxygen atoms in total. The topological polar surface area (TPSA) is 97.0 Å². The van der Waals surface area contributed by atoms with Crippen LogP contribution in [0.3, 0.4) is 0 Å². The number of aryl methyl sites for hydroxylation is 1. The lowest BCUT2D eigenvalue weighted by molar-refractivity contribution is 0.301. The molecule has 9 heteroatoms. The Labute approximate surface area is 217 Å². The maximum atomic E-state index is 13.0. The number of hydrogen-bond donors (Lipinski definition) is 0. The smallest absolute Gasteiger partial charge is 0.262 e. The Morgan fingerprint density at radius 3 is 2.66 bits per heavy atom. The molecule has 0 aliphatic carbocycles. The molecular weight excluding hydrogens is 480 g/mol. The van der Waals surface area contributed by atoms with Crippen LogP contribution in [0.25, 0.3) is 33.2 Å². The van der Waals surface area contributed by atoms with E-state index in [9.17, 15) is 4.79 Å². The van der Waals surface area contributed by atoms with E-state index in [1.165, 1.54) is 4.80 Å². The van der Waals surface area contributed by atoms with E-state index >= 15 is 0 Å². The molecule has 0 saturated heterocycles. The van der Waals surface area contributed by atoms with E-state index in [4.69, 9.17) is 9.47 Å². The molecule has 0 N–H and O–H groups in total. The Morgan fingerprint density at radius 1 is 0.868 bits per heavy atom. The van der Waals surface area contributed by atoms with Gasteiger partial charge in [-0.2, -0.15) is 4.80 Å². The Morgan fingerprint density at radius 2 is 1.76 bits per heavy atom. The fourth-order valence-electron chi connectivity index (χ4n) is 4.41. The Hall–Kier alpha value is -5.05. The van der Waals surface area contributed by atoms with E-state index in [2.05, 4.69) is 20.4 Å². The normalized spacial score (nSPS) is 11.2. The molecule has 0 spiro atoms. The van der Waals surface area contributed by atoms with Crippen molar-refractivity contribution >= 4 is 21.8 Å². The van der Waals surface area contributed by atoms with Gasteiger partial charge >= 0.3 is 0 Å². The number of benzene rings is 3. The van der Waals surface area contributed by atoms with Crippen molar-refractivity contribution in [2.45, 2.75) is 13.2 Å². The third kappa shape index (κ3) is 4.57. The predicted molar refractivity (Wildman–Crippen MR) is 144 cm³/mol. The largest absolute Gasteiger partial charge is 0.497 e. The van der Waals surface area contributed by atoms with E-state index in [1.54, 1.807) is 24.8 Å². The molecule has 0 radical (unpaired) electrons. The summed E-state index contributed by atoms with van der Waals surface area (Å²) in [7, 11) is 3.33. The first-order valence-electron chi connectivity index (χ1n) is 12.1. The summed E-state index contributed by atoms with van der Waals surface area (Å²) in [5, 5.41) is 14.8. The third-order valence-electron chi connectivity index (χ3n) is 6.39. The molecule has 0 bridgehead atoms. The quantitative estimate of drug-likeness (QED) is 0.318. The molecule has 3 heterocycles. The zero-order chi connectivity index (χ0) is 26.1. The van der Waals surface area contributed by atoms with Crippen molar-refractivity contribution in [2.24, 2.45) is 7.05 Å². The van der Waals surface area contributed by atoms with Crippen molar-refractivity contribution in [3.8, 4) is 22.9 Å². The summed E-state index contributed by atoms with van der Waals surface area (Å²) in [4.78, 5) is 19.1. The number of hydrogen-bond acceptors (Lipinski definition) is 7. The van der Waals surface area contributed by atoms with Crippen LogP contribution >= 0.6 is 0 Å². The van der Waals surface area contributed by atoms with Gasteiger partial charge in [0.2, 0.25) is 5.82 Å². The minimum Gasteiger partial charge on any atom is -0.497 e. The van der Waals surface area contributed by atoms with Gasteiger partial charge in [0.1, 0.15) is 18.1 Å². The second-order valence-corrected chi connectivity index (χ2v) is 8.92. The highest BCUT2D eigenvalue weighted by atomic mass is 16.5. The van der Waals surface area contributed by atoms with Gasteiger partial charge < -0.3 is 14.0 Å². The second-order valence-electron chi connectivity index (χ2n) is 8.92. The Balaban J connectivity index is 1.20. The lowest BCUT2D eigenvalue weighted by atomic mass is 10.1. The summed E-state index contributed by atoms with van der Waals surface area (Å²) in [6.45, 7) is 0.732. The van der Waals surface area contributed by atoms with Crippen molar-refractivity contribution < 1.29 is 9.47 Å². The summed E-state index contributed by atoms with van der Waals surface area (Å²) < 4.78 is 12.9. The van der Waals surface area contributed by atoms with Gasteiger partial charge in [-0.15, -0.1) is 10.2 Å². The number of rotatable bonds is 7. The average Bonchev–Trinajstić information content (AvgIpc) is 3.41. The van der Waals surface area contributed by atoms with Gasteiger partial charge in [-0.3, -0.25) is 4.79 Å². The zero-order valence-electron chi connectivity index (χ0n) is 20.9. The Bertz CT molecular complexity index is 1840. The number of methoxy groups -OCH3 is 1. The molecule has 0 atom stereocenters. The van der Waals surface area contributed by atoms with Crippen LogP contribution in [-0.2, 0) is 20.2 Å². The van der Waals surface area contributed by atoms with Crippen LogP contribution in [0.2, 0.25) is 0 Å². The number of para-hydroxylation sites is 1. The fourth-order valence-corrected chi connectivity index (χ4v) is 4.41. The lowest BCUT2D eigenvalue weighted by Crippen LogP contribution is -2.19. The highest BCUT2D eigenvalue weighted by Crippen LogP contribution is 2.23. The predicted octanol–water partition coefficient (Wildman–Crippen LogP) is 4.38. The molecule has 3 aromatic carbocycles. The second kappa shape index (κ2) is 9.78. The number of nitrogens with zero attached hydrogens (tertiary/aromatic N) is 6. The summed E-state index contributed by atoms with van der Waals surface area (Å²) in [6, 6.07) is 27.1. The van der Waals surface area contributed by atoms with Gasteiger partial charge in [0.25, 0.3) is 5.56 Å². The van der Waals surface area contributed by atoms with E-state index in [-0.39, 0.29) is 11.4 Å². The maximum Gasteiger partial charge on any atom is 0.262 e. The van der Waals surface area contributed by atoms with Crippen molar-refractivity contribution in [2.75, 3.05) is 7.11 Å². The van der Waals surface area contributed by atoms with Crippen LogP contribution in [0.1, 0.15) is 11.3 Å². The highest BCUT2D eigenvalue weighted by Gasteiger charge is 2.15. The number of fused-ring (bicyclic) bond motifs is 2. The van der Waals surface area contributed by atoms with Crippen molar-refractivity contribution in [3.05, 3.63) is 107 Å². The maximum absolute atomic E-state index is 13.0. The average molecular weight is 505 g/mol. The molecule has 38 heavy (non-hydrogen) atoms.